The standard InChI is InChI=1S/C17H29NO/c1-5-14(2)17(15-10-7-6-8-11-15)16(18-3)12-9-13-19-4/h6-8,10-11,14,16-18H,5,9,12-13H2,1-4H3. The summed E-state index contributed by atoms with van der Waals surface area (Å²) in [6.45, 7) is 5.49. The lowest BCUT2D eigenvalue weighted by Crippen LogP contribution is -2.35. The van der Waals surface area contributed by atoms with E-state index in [1.165, 1.54) is 12.0 Å². The molecule has 0 aliphatic heterocycles. The van der Waals surface area contributed by atoms with Gasteiger partial charge in [0.2, 0.25) is 0 Å². The van der Waals surface area contributed by atoms with Gasteiger partial charge in [-0.05, 0) is 31.4 Å². The van der Waals surface area contributed by atoms with Crippen LogP contribution in [0.25, 0.3) is 0 Å². The molecule has 3 unspecified atom stereocenters. The smallest absolute Gasteiger partial charge is 0.0462 e. The molecule has 1 N–H and O–H groups in total. The van der Waals surface area contributed by atoms with Gasteiger partial charge in [-0.1, -0.05) is 50.6 Å². The van der Waals surface area contributed by atoms with Crippen LogP contribution in [0.15, 0.2) is 30.3 Å². The van der Waals surface area contributed by atoms with Crippen molar-refractivity contribution in [1.29, 1.82) is 0 Å². The molecule has 0 aliphatic carbocycles. The third-order valence-corrected chi connectivity index (χ3v) is 4.11. The van der Waals surface area contributed by atoms with Crippen LogP contribution in [0.1, 0.15) is 44.6 Å². The van der Waals surface area contributed by atoms with Crippen molar-refractivity contribution in [3.05, 3.63) is 35.9 Å². The maximum absolute atomic E-state index is 5.18. The van der Waals surface area contributed by atoms with Crippen LogP contribution in [0.5, 0.6) is 0 Å². The van der Waals surface area contributed by atoms with Gasteiger partial charge >= 0.3 is 0 Å². The van der Waals surface area contributed by atoms with Gasteiger partial charge in [0.25, 0.3) is 0 Å². The summed E-state index contributed by atoms with van der Waals surface area (Å²) >= 11 is 0. The molecule has 1 aromatic rings. The van der Waals surface area contributed by atoms with Crippen LogP contribution >= 0.6 is 0 Å². The molecule has 0 saturated heterocycles. The minimum atomic E-state index is 0.521. The van der Waals surface area contributed by atoms with Crippen molar-refractivity contribution < 1.29 is 4.74 Å². The summed E-state index contributed by atoms with van der Waals surface area (Å²) in [5.74, 6) is 1.26. The van der Waals surface area contributed by atoms with E-state index in [0.29, 0.717) is 17.9 Å². The third-order valence-electron chi connectivity index (χ3n) is 4.11. The minimum Gasteiger partial charge on any atom is -0.385 e. The third kappa shape index (κ3) is 4.96. The Kier molecular flexibility index (Phi) is 7.76. The summed E-state index contributed by atoms with van der Waals surface area (Å²) in [6, 6.07) is 11.4. The Morgan fingerprint density at radius 2 is 1.89 bits per heavy atom. The summed E-state index contributed by atoms with van der Waals surface area (Å²) in [7, 11) is 3.85. The molecule has 0 saturated carbocycles. The lowest BCUT2D eigenvalue weighted by atomic mass is 9.78. The van der Waals surface area contributed by atoms with Gasteiger partial charge in [-0.15, -0.1) is 0 Å². The zero-order valence-electron chi connectivity index (χ0n) is 12.9. The first kappa shape index (κ1) is 16.2. The van der Waals surface area contributed by atoms with Gasteiger partial charge in [0.05, 0.1) is 0 Å². The first-order valence-electron chi connectivity index (χ1n) is 7.45. The average molecular weight is 263 g/mol. The zero-order chi connectivity index (χ0) is 14.1. The molecule has 0 bridgehead atoms. The van der Waals surface area contributed by atoms with Gasteiger partial charge in [0.1, 0.15) is 0 Å². The van der Waals surface area contributed by atoms with Crippen LogP contribution in [0, 0.1) is 5.92 Å². The van der Waals surface area contributed by atoms with E-state index in [1.54, 1.807) is 7.11 Å². The molecule has 0 aliphatic rings. The summed E-state index contributed by atoms with van der Waals surface area (Å²) in [4.78, 5) is 0. The molecule has 2 heteroatoms. The fourth-order valence-electron chi connectivity index (χ4n) is 2.84. The lowest BCUT2D eigenvalue weighted by molar-refractivity contribution is 0.184. The van der Waals surface area contributed by atoms with E-state index >= 15 is 0 Å². The van der Waals surface area contributed by atoms with Gasteiger partial charge in [-0.2, -0.15) is 0 Å². The molecule has 19 heavy (non-hydrogen) atoms. The molecular weight excluding hydrogens is 234 g/mol. The first-order valence-corrected chi connectivity index (χ1v) is 7.45. The highest BCUT2D eigenvalue weighted by Crippen LogP contribution is 2.32. The van der Waals surface area contributed by atoms with Crippen LogP contribution in [0.3, 0.4) is 0 Å². The maximum atomic E-state index is 5.18. The molecule has 0 fully saturated rings. The van der Waals surface area contributed by atoms with E-state index in [0.717, 1.165) is 19.4 Å². The van der Waals surface area contributed by atoms with E-state index < -0.39 is 0 Å². The minimum absolute atomic E-state index is 0.521. The van der Waals surface area contributed by atoms with Crippen LogP contribution in [0.4, 0.5) is 0 Å². The Morgan fingerprint density at radius 1 is 1.21 bits per heavy atom. The van der Waals surface area contributed by atoms with Gasteiger partial charge in [-0.3, -0.25) is 0 Å². The predicted molar refractivity (Wildman–Crippen MR) is 82.6 cm³/mol. The van der Waals surface area contributed by atoms with Crippen molar-refractivity contribution in [2.75, 3.05) is 20.8 Å². The molecule has 0 amide bonds. The summed E-state index contributed by atoms with van der Waals surface area (Å²) in [5, 5.41) is 3.52. The number of ether oxygens (including phenoxy) is 1. The van der Waals surface area contributed by atoms with Crippen LogP contribution in [0.2, 0.25) is 0 Å². The van der Waals surface area contributed by atoms with E-state index in [4.69, 9.17) is 4.74 Å². The number of nitrogens with one attached hydrogen (secondary N) is 1. The number of benzene rings is 1. The number of hydrogen-bond donors (Lipinski definition) is 1. The van der Waals surface area contributed by atoms with E-state index in [9.17, 15) is 0 Å². The molecule has 0 aromatic heterocycles. The normalized spacial score (nSPS) is 16.0. The quantitative estimate of drug-likeness (QED) is 0.684. The average Bonchev–Trinajstić information content (AvgIpc) is 2.47. The Morgan fingerprint density at radius 3 is 2.42 bits per heavy atom. The number of rotatable bonds is 9. The van der Waals surface area contributed by atoms with Crippen LogP contribution < -0.4 is 5.32 Å². The fourth-order valence-corrected chi connectivity index (χ4v) is 2.84. The molecular formula is C17H29NO. The zero-order valence-corrected chi connectivity index (χ0v) is 12.9. The van der Waals surface area contributed by atoms with E-state index in [-0.39, 0.29) is 0 Å². The van der Waals surface area contributed by atoms with Crippen molar-refractivity contribution in [1.82, 2.24) is 5.32 Å². The first-order chi connectivity index (χ1) is 9.24. The SMILES string of the molecule is CCC(C)C(c1ccccc1)C(CCCOC)NC. The van der Waals surface area contributed by atoms with Crippen molar-refractivity contribution in [2.24, 2.45) is 5.92 Å². The van der Waals surface area contributed by atoms with Crippen molar-refractivity contribution in [2.45, 2.75) is 45.1 Å². The van der Waals surface area contributed by atoms with E-state index in [2.05, 4.69) is 56.5 Å². The van der Waals surface area contributed by atoms with Crippen LogP contribution in [-0.2, 0) is 4.74 Å². The molecule has 108 valence electrons. The Balaban J connectivity index is 2.82. The molecule has 1 rings (SSSR count). The Labute approximate surface area is 118 Å². The van der Waals surface area contributed by atoms with Crippen molar-refractivity contribution >= 4 is 0 Å². The second-order valence-electron chi connectivity index (χ2n) is 5.35. The highest BCUT2D eigenvalue weighted by molar-refractivity contribution is 5.22. The fraction of sp³-hybridized carbons (Fsp3) is 0.647. The van der Waals surface area contributed by atoms with E-state index in [1.807, 2.05) is 0 Å². The number of methoxy groups -OCH3 is 1. The number of hydrogen-bond acceptors (Lipinski definition) is 2. The molecule has 3 atom stereocenters. The highest BCUT2D eigenvalue weighted by atomic mass is 16.5. The topological polar surface area (TPSA) is 21.3 Å². The summed E-state index contributed by atoms with van der Waals surface area (Å²) < 4.78 is 5.18. The van der Waals surface area contributed by atoms with Crippen molar-refractivity contribution in [3.8, 4) is 0 Å². The molecule has 0 radical (unpaired) electrons. The second-order valence-corrected chi connectivity index (χ2v) is 5.35. The Hall–Kier alpha value is -0.860. The summed E-state index contributed by atoms with van der Waals surface area (Å²) in [5.41, 5.74) is 1.45. The van der Waals surface area contributed by atoms with Crippen LogP contribution in [-0.4, -0.2) is 26.8 Å². The molecule has 1 aromatic carbocycles. The molecule has 0 heterocycles. The monoisotopic (exact) mass is 263 g/mol. The predicted octanol–water partition coefficient (Wildman–Crippen LogP) is 3.83. The van der Waals surface area contributed by atoms with Crippen molar-refractivity contribution in [3.63, 3.8) is 0 Å². The Bertz CT molecular complexity index is 325. The molecule has 0 spiro atoms. The van der Waals surface area contributed by atoms with Gasteiger partial charge < -0.3 is 10.1 Å². The lowest BCUT2D eigenvalue weighted by Gasteiger charge is -2.32. The molecule has 2 nitrogen and oxygen atoms in total. The maximum Gasteiger partial charge on any atom is 0.0462 e. The second kappa shape index (κ2) is 9.11. The number of likely N-dealkylation sites (N-methyl/N-ethyl adjacent to an activating group) is 1. The van der Waals surface area contributed by atoms with Gasteiger partial charge in [0.15, 0.2) is 0 Å². The highest BCUT2D eigenvalue weighted by Gasteiger charge is 2.25. The summed E-state index contributed by atoms with van der Waals surface area (Å²) in [6.07, 6.45) is 3.48. The van der Waals surface area contributed by atoms with Gasteiger partial charge in [-0.25, -0.2) is 0 Å². The van der Waals surface area contributed by atoms with Gasteiger partial charge in [0, 0.05) is 25.7 Å². The largest absolute Gasteiger partial charge is 0.385 e.